The Balaban J connectivity index is 1.41. The van der Waals surface area contributed by atoms with Crippen molar-refractivity contribution in [2.45, 2.75) is 31.7 Å². The van der Waals surface area contributed by atoms with E-state index in [-0.39, 0.29) is 12.5 Å². The van der Waals surface area contributed by atoms with Crippen LogP contribution in [0.5, 0.6) is 5.75 Å². The van der Waals surface area contributed by atoms with Crippen LogP contribution in [-0.2, 0) is 17.8 Å². The molecule has 182 valence electrons. The Kier molecular flexibility index (Phi) is 7.19. The molecule has 0 radical (unpaired) electrons. The molecule has 1 aliphatic carbocycles. The molecule has 1 unspecified atom stereocenters. The lowest BCUT2D eigenvalue weighted by Gasteiger charge is -2.22. The summed E-state index contributed by atoms with van der Waals surface area (Å²) in [6.45, 7) is 0.312. The van der Waals surface area contributed by atoms with Crippen LogP contribution in [0.3, 0.4) is 0 Å². The average Bonchev–Trinajstić information content (AvgIpc) is 3.35. The van der Waals surface area contributed by atoms with Gasteiger partial charge in [-0.25, -0.2) is 4.79 Å². The number of ether oxygens (including phenoxy) is 1. The van der Waals surface area contributed by atoms with Gasteiger partial charge in [0.25, 0.3) is 0 Å². The Bertz CT molecular complexity index is 1390. The standard InChI is InChI=1S/C30H27ClN2O3/c31-25-11-4-10-23(17-25)30(22-7-2-1-3-8-22)24-18-32-33(19-24)16-15-21-9-5-13-27-26(21)12-6-14-28(27)36-20-29(34)35/h1-4,6-8,10-12,14-15,17-19,30H,5,9,13,16,20H2,(H,34,35). The molecule has 5 nitrogen and oxygen atoms in total. The highest BCUT2D eigenvalue weighted by Crippen LogP contribution is 2.36. The number of fused-ring (bicyclic) bond motifs is 1. The summed E-state index contributed by atoms with van der Waals surface area (Å²) in [5, 5.41) is 14.4. The number of carboxylic acids is 1. The van der Waals surface area contributed by atoms with Gasteiger partial charge in [-0.15, -0.1) is 0 Å². The fourth-order valence-electron chi connectivity index (χ4n) is 4.94. The molecule has 0 spiro atoms. The molecule has 1 N–H and O–H groups in total. The summed E-state index contributed by atoms with van der Waals surface area (Å²) in [6, 6.07) is 24.3. The number of hydrogen-bond acceptors (Lipinski definition) is 3. The molecular formula is C30H27ClN2O3. The molecule has 0 saturated heterocycles. The Morgan fingerprint density at radius 1 is 1.03 bits per heavy atom. The highest BCUT2D eigenvalue weighted by atomic mass is 35.5. The lowest BCUT2D eigenvalue weighted by Crippen LogP contribution is -2.12. The van der Waals surface area contributed by atoms with E-state index in [1.165, 1.54) is 11.1 Å². The molecule has 0 saturated carbocycles. The van der Waals surface area contributed by atoms with Crippen LogP contribution in [0.4, 0.5) is 0 Å². The van der Waals surface area contributed by atoms with Crippen molar-refractivity contribution in [3.05, 3.63) is 124 Å². The Morgan fingerprint density at radius 2 is 1.83 bits per heavy atom. The van der Waals surface area contributed by atoms with Crippen molar-refractivity contribution >= 4 is 23.1 Å². The number of benzene rings is 3. The third-order valence-corrected chi connectivity index (χ3v) is 6.76. The van der Waals surface area contributed by atoms with Crippen molar-refractivity contribution in [3.8, 4) is 5.75 Å². The molecule has 0 fully saturated rings. The second-order valence-corrected chi connectivity index (χ2v) is 9.38. The third-order valence-electron chi connectivity index (χ3n) is 6.53. The summed E-state index contributed by atoms with van der Waals surface area (Å²) in [7, 11) is 0. The van der Waals surface area contributed by atoms with Gasteiger partial charge in [0.15, 0.2) is 6.61 Å². The number of hydrogen-bond donors (Lipinski definition) is 1. The molecule has 0 amide bonds. The van der Waals surface area contributed by atoms with Gasteiger partial charge in [0.2, 0.25) is 0 Å². The van der Waals surface area contributed by atoms with Crippen molar-refractivity contribution in [2.24, 2.45) is 0 Å². The van der Waals surface area contributed by atoms with Gasteiger partial charge in [-0.2, -0.15) is 5.10 Å². The zero-order valence-corrected chi connectivity index (χ0v) is 20.6. The number of aliphatic carboxylic acids is 1. The van der Waals surface area contributed by atoms with Gasteiger partial charge in [-0.05, 0) is 59.7 Å². The zero-order chi connectivity index (χ0) is 24.9. The topological polar surface area (TPSA) is 64.3 Å². The number of allylic oxidation sites excluding steroid dienone is 2. The average molecular weight is 499 g/mol. The first kappa shape index (κ1) is 23.9. The Morgan fingerprint density at radius 3 is 2.64 bits per heavy atom. The molecule has 5 rings (SSSR count). The first-order valence-corrected chi connectivity index (χ1v) is 12.4. The second-order valence-electron chi connectivity index (χ2n) is 8.94. The van der Waals surface area contributed by atoms with Gasteiger partial charge in [0.05, 0.1) is 12.7 Å². The summed E-state index contributed by atoms with van der Waals surface area (Å²) in [6.07, 6.45) is 9.11. The van der Waals surface area contributed by atoms with Crippen molar-refractivity contribution in [1.29, 1.82) is 0 Å². The predicted octanol–water partition coefficient (Wildman–Crippen LogP) is 6.60. The Hall–Kier alpha value is -3.83. The first-order chi connectivity index (χ1) is 17.6. The van der Waals surface area contributed by atoms with Gasteiger partial charge in [0, 0.05) is 28.3 Å². The number of nitrogens with zero attached hydrogens (tertiary/aromatic N) is 2. The van der Waals surface area contributed by atoms with E-state index in [2.05, 4.69) is 53.8 Å². The highest BCUT2D eigenvalue weighted by Gasteiger charge is 2.20. The quantitative estimate of drug-likeness (QED) is 0.297. The summed E-state index contributed by atoms with van der Waals surface area (Å²) in [5.41, 5.74) is 6.88. The number of rotatable bonds is 8. The largest absolute Gasteiger partial charge is 0.482 e. The van der Waals surface area contributed by atoms with Gasteiger partial charge >= 0.3 is 5.97 Å². The summed E-state index contributed by atoms with van der Waals surface area (Å²) >= 11 is 6.33. The van der Waals surface area contributed by atoms with E-state index in [0.717, 1.165) is 41.5 Å². The van der Waals surface area contributed by atoms with E-state index >= 15 is 0 Å². The van der Waals surface area contributed by atoms with E-state index in [1.807, 2.05) is 47.3 Å². The summed E-state index contributed by atoms with van der Waals surface area (Å²) < 4.78 is 7.51. The van der Waals surface area contributed by atoms with Crippen LogP contribution in [-0.4, -0.2) is 27.5 Å². The monoisotopic (exact) mass is 498 g/mol. The lowest BCUT2D eigenvalue weighted by atomic mass is 9.86. The number of aromatic nitrogens is 2. The van der Waals surface area contributed by atoms with E-state index in [4.69, 9.17) is 21.4 Å². The van der Waals surface area contributed by atoms with E-state index in [0.29, 0.717) is 17.3 Å². The number of halogens is 1. The summed E-state index contributed by atoms with van der Waals surface area (Å²) in [4.78, 5) is 11.0. The van der Waals surface area contributed by atoms with Gasteiger partial charge in [-0.1, -0.05) is 72.3 Å². The van der Waals surface area contributed by atoms with Crippen molar-refractivity contribution < 1.29 is 14.6 Å². The maximum absolute atomic E-state index is 11.0. The zero-order valence-electron chi connectivity index (χ0n) is 19.8. The van der Waals surface area contributed by atoms with E-state index in [9.17, 15) is 4.79 Å². The molecule has 3 aromatic carbocycles. The van der Waals surface area contributed by atoms with Gasteiger partial charge in [0.1, 0.15) is 5.75 Å². The van der Waals surface area contributed by atoms with E-state index in [1.54, 1.807) is 0 Å². The molecule has 36 heavy (non-hydrogen) atoms. The minimum Gasteiger partial charge on any atom is -0.482 e. The van der Waals surface area contributed by atoms with Crippen molar-refractivity contribution in [3.63, 3.8) is 0 Å². The fourth-order valence-corrected chi connectivity index (χ4v) is 5.14. The molecule has 0 aliphatic heterocycles. The van der Waals surface area contributed by atoms with Gasteiger partial charge < -0.3 is 9.84 Å². The first-order valence-electron chi connectivity index (χ1n) is 12.1. The van der Waals surface area contributed by atoms with Crippen LogP contribution >= 0.6 is 11.6 Å². The molecule has 1 atom stereocenters. The predicted molar refractivity (Wildman–Crippen MR) is 142 cm³/mol. The van der Waals surface area contributed by atoms with Crippen LogP contribution in [0.25, 0.3) is 5.57 Å². The van der Waals surface area contributed by atoms with Crippen LogP contribution < -0.4 is 4.74 Å². The molecule has 6 heteroatoms. The molecule has 1 heterocycles. The maximum Gasteiger partial charge on any atom is 0.341 e. The second kappa shape index (κ2) is 10.8. The molecule has 1 aromatic heterocycles. The summed E-state index contributed by atoms with van der Waals surface area (Å²) in [5.74, 6) is -0.273. The van der Waals surface area contributed by atoms with Crippen molar-refractivity contribution in [2.75, 3.05) is 6.61 Å². The molecule has 1 aliphatic rings. The van der Waals surface area contributed by atoms with Crippen LogP contribution in [0.15, 0.2) is 91.3 Å². The van der Waals surface area contributed by atoms with Crippen molar-refractivity contribution in [1.82, 2.24) is 9.78 Å². The maximum atomic E-state index is 11.0. The number of carbonyl (C=O) groups is 1. The normalized spacial score (nSPS) is 14.9. The van der Waals surface area contributed by atoms with E-state index < -0.39 is 5.97 Å². The Labute approximate surface area is 215 Å². The number of carboxylic acid groups (broad SMARTS) is 1. The van der Waals surface area contributed by atoms with Crippen LogP contribution in [0, 0.1) is 0 Å². The fraction of sp³-hybridized carbons (Fsp3) is 0.200. The highest BCUT2D eigenvalue weighted by molar-refractivity contribution is 6.30. The van der Waals surface area contributed by atoms with Crippen LogP contribution in [0.2, 0.25) is 5.02 Å². The lowest BCUT2D eigenvalue weighted by molar-refractivity contribution is -0.139. The van der Waals surface area contributed by atoms with Crippen LogP contribution in [0.1, 0.15) is 46.6 Å². The minimum atomic E-state index is -0.972. The van der Waals surface area contributed by atoms with Gasteiger partial charge in [-0.3, -0.25) is 4.68 Å². The smallest absolute Gasteiger partial charge is 0.341 e. The molecule has 4 aromatic rings. The SMILES string of the molecule is O=C(O)COc1cccc2c1CCCC2=CCn1cc(C(c2ccccc2)c2cccc(Cl)c2)cn1. The minimum absolute atomic E-state index is 0.0376. The molecular weight excluding hydrogens is 472 g/mol. The molecule has 0 bridgehead atoms. The third kappa shape index (κ3) is 5.37.